The van der Waals surface area contributed by atoms with Gasteiger partial charge in [0.05, 0.1) is 23.8 Å². The zero-order valence-electron chi connectivity index (χ0n) is 13.7. The summed E-state index contributed by atoms with van der Waals surface area (Å²) in [5, 5.41) is 11.8. The van der Waals surface area contributed by atoms with E-state index in [2.05, 4.69) is 5.32 Å². The Balaban J connectivity index is 2.71. The van der Waals surface area contributed by atoms with Crippen molar-refractivity contribution in [3.05, 3.63) is 29.8 Å². The van der Waals surface area contributed by atoms with Gasteiger partial charge in [0, 0.05) is 6.42 Å². The van der Waals surface area contributed by atoms with Gasteiger partial charge in [-0.3, -0.25) is 9.59 Å². The molecule has 0 aliphatic rings. The summed E-state index contributed by atoms with van der Waals surface area (Å²) in [6.45, 7) is 5.58. The Kier molecular flexibility index (Phi) is 7.25. The topological polar surface area (TPSA) is 92.7 Å². The number of amides is 1. The van der Waals surface area contributed by atoms with Crippen molar-refractivity contribution >= 4 is 23.5 Å². The molecule has 1 rings (SSSR count). The molecule has 0 unspecified atom stereocenters. The lowest BCUT2D eigenvalue weighted by Crippen LogP contribution is -2.23. The molecule has 0 heterocycles. The number of hydrogen-bond acceptors (Lipinski definition) is 4. The van der Waals surface area contributed by atoms with Crippen LogP contribution in [0.3, 0.4) is 0 Å². The zero-order chi connectivity index (χ0) is 17.4. The molecule has 6 nitrogen and oxygen atoms in total. The van der Waals surface area contributed by atoms with Crippen LogP contribution in [0.1, 0.15) is 44.0 Å². The number of carboxylic acid groups (broad SMARTS) is 1. The van der Waals surface area contributed by atoms with E-state index in [1.54, 1.807) is 31.2 Å². The first-order valence-corrected chi connectivity index (χ1v) is 7.65. The van der Waals surface area contributed by atoms with Crippen LogP contribution in [0.5, 0.6) is 0 Å². The van der Waals surface area contributed by atoms with Crippen molar-refractivity contribution in [1.82, 2.24) is 0 Å². The van der Waals surface area contributed by atoms with Gasteiger partial charge < -0.3 is 15.2 Å². The van der Waals surface area contributed by atoms with Crippen LogP contribution in [0, 0.1) is 11.8 Å². The minimum absolute atomic E-state index is 0.0490. The number of para-hydroxylation sites is 1. The van der Waals surface area contributed by atoms with Crippen molar-refractivity contribution in [2.45, 2.75) is 33.6 Å². The van der Waals surface area contributed by atoms with E-state index < -0.39 is 17.9 Å². The molecule has 0 saturated carbocycles. The number of esters is 1. The molecule has 0 fully saturated rings. The van der Waals surface area contributed by atoms with Gasteiger partial charge in [0.1, 0.15) is 0 Å². The van der Waals surface area contributed by atoms with Gasteiger partial charge in [-0.2, -0.15) is 0 Å². The van der Waals surface area contributed by atoms with Crippen molar-refractivity contribution < 1.29 is 24.2 Å². The van der Waals surface area contributed by atoms with Gasteiger partial charge in [-0.05, 0) is 31.4 Å². The lowest BCUT2D eigenvalue weighted by atomic mass is 9.91. The average molecular weight is 321 g/mol. The molecule has 0 aromatic heterocycles. The number of aliphatic carboxylic acids is 1. The fourth-order valence-corrected chi connectivity index (χ4v) is 2.22. The van der Waals surface area contributed by atoms with Gasteiger partial charge in [0.15, 0.2) is 0 Å². The monoisotopic (exact) mass is 321 g/mol. The predicted molar refractivity (Wildman–Crippen MR) is 86.2 cm³/mol. The van der Waals surface area contributed by atoms with E-state index in [0.717, 1.165) is 0 Å². The van der Waals surface area contributed by atoms with Crippen LogP contribution in [-0.4, -0.2) is 29.6 Å². The number of carboxylic acids is 1. The molecule has 1 atom stereocenters. The van der Waals surface area contributed by atoms with Gasteiger partial charge in [0.2, 0.25) is 5.91 Å². The van der Waals surface area contributed by atoms with E-state index in [1.807, 2.05) is 13.8 Å². The minimum Gasteiger partial charge on any atom is -0.481 e. The molecule has 126 valence electrons. The molecular weight excluding hydrogens is 298 g/mol. The van der Waals surface area contributed by atoms with Crippen LogP contribution in [0.15, 0.2) is 24.3 Å². The largest absolute Gasteiger partial charge is 0.481 e. The Morgan fingerprint density at radius 1 is 1.22 bits per heavy atom. The Hall–Kier alpha value is -2.37. The van der Waals surface area contributed by atoms with Gasteiger partial charge in [-0.15, -0.1) is 0 Å². The summed E-state index contributed by atoms with van der Waals surface area (Å²) in [6.07, 6.45) is 0.326. The molecule has 2 N–H and O–H groups in total. The number of hydrogen-bond donors (Lipinski definition) is 2. The predicted octanol–water partition coefficient (Wildman–Crippen LogP) is 2.94. The molecule has 0 bridgehead atoms. The standard InChI is InChI=1S/C17H23NO5/c1-4-23-17(22)13-7-5-6-8-14(13)18-15(19)10-9-12(11(2)3)16(20)21/h5-8,11-12H,4,9-10H2,1-3H3,(H,18,19)(H,20,21)/t12-/m1/s1. The van der Waals surface area contributed by atoms with Gasteiger partial charge in [-0.25, -0.2) is 4.79 Å². The number of anilines is 1. The first-order chi connectivity index (χ1) is 10.9. The Morgan fingerprint density at radius 3 is 2.43 bits per heavy atom. The molecule has 0 saturated heterocycles. The highest BCUT2D eigenvalue weighted by atomic mass is 16.5. The number of ether oxygens (including phenoxy) is 1. The molecule has 1 aromatic carbocycles. The molecule has 0 spiro atoms. The van der Waals surface area contributed by atoms with E-state index in [0.29, 0.717) is 5.69 Å². The van der Waals surface area contributed by atoms with Gasteiger partial charge >= 0.3 is 11.9 Å². The molecule has 0 aliphatic heterocycles. The Labute approximate surface area is 135 Å². The second-order valence-corrected chi connectivity index (χ2v) is 5.54. The van der Waals surface area contributed by atoms with Crippen molar-refractivity contribution in [3.8, 4) is 0 Å². The zero-order valence-corrected chi connectivity index (χ0v) is 13.7. The van der Waals surface area contributed by atoms with Gasteiger partial charge in [0.25, 0.3) is 0 Å². The number of rotatable bonds is 8. The maximum absolute atomic E-state index is 12.0. The molecule has 1 aromatic rings. The van der Waals surface area contributed by atoms with Crippen LogP contribution < -0.4 is 5.32 Å². The molecule has 0 aliphatic carbocycles. The van der Waals surface area contributed by atoms with Gasteiger partial charge in [-0.1, -0.05) is 26.0 Å². The van der Waals surface area contributed by atoms with Crippen LogP contribution in [0.4, 0.5) is 5.69 Å². The first kappa shape index (κ1) is 18.7. The van der Waals surface area contributed by atoms with E-state index in [9.17, 15) is 14.4 Å². The first-order valence-electron chi connectivity index (χ1n) is 7.65. The fraction of sp³-hybridized carbons (Fsp3) is 0.471. The van der Waals surface area contributed by atoms with Crippen LogP contribution in [-0.2, 0) is 14.3 Å². The highest BCUT2D eigenvalue weighted by Crippen LogP contribution is 2.20. The minimum atomic E-state index is -0.903. The van der Waals surface area contributed by atoms with E-state index in [1.165, 1.54) is 0 Å². The molecule has 6 heteroatoms. The third-order valence-electron chi connectivity index (χ3n) is 3.50. The Morgan fingerprint density at radius 2 is 1.87 bits per heavy atom. The van der Waals surface area contributed by atoms with Crippen molar-refractivity contribution in [2.75, 3.05) is 11.9 Å². The molecule has 0 radical (unpaired) electrons. The maximum Gasteiger partial charge on any atom is 0.340 e. The van der Waals surface area contributed by atoms with E-state index >= 15 is 0 Å². The maximum atomic E-state index is 12.0. The van der Waals surface area contributed by atoms with Crippen LogP contribution in [0.2, 0.25) is 0 Å². The summed E-state index contributed by atoms with van der Waals surface area (Å²) in [5.41, 5.74) is 0.647. The number of nitrogens with one attached hydrogen (secondary N) is 1. The molecule has 1 amide bonds. The lowest BCUT2D eigenvalue weighted by Gasteiger charge is -2.16. The third-order valence-corrected chi connectivity index (χ3v) is 3.50. The smallest absolute Gasteiger partial charge is 0.340 e. The molecule has 23 heavy (non-hydrogen) atoms. The third kappa shape index (κ3) is 5.73. The summed E-state index contributed by atoms with van der Waals surface area (Å²) in [4.78, 5) is 35.0. The highest BCUT2D eigenvalue weighted by molar-refractivity contribution is 6.01. The fourth-order valence-electron chi connectivity index (χ4n) is 2.22. The second-order valence-electron chi connectivity index (χ2n) is 5.54. The number of carbonyl (C=O) groups is 3. The average Bonchev–Trinajstić information content (AvgIpc) is 2.47. The summed E-state index contributed by atoms with van der Waals surface area (Å²) >= 11 is 0. The highest BCUT2D eigenvalue weighted by Gasteiger charge is 2.22. The number of carbonyl (C=O) groups excluding carboxylic acids is 2. The number of benzene rings is 1. The summed E-state index contributed by atoms with van der Waals surface area (Å²) in [6, 6.07) is 6.57. The van der Waals surface area contributed by atoms with E-state index in [4.69, 9.17) is 9.84 Å². The van der Waals surface area contributed by atoms with Crippen molar-refractivity contribution in [1.29, 1.82) is 0 Å². The Bertz CT molecular complexity index is 568. The van der Waals surface area contributed by atoms with Crippen molar-refractivity contribution in [2.24, 2.45) is 11.8 Å². The summed E-state index contributed by atoms with van der Waals surface area (Å²) < 4.78 is 4.94. The van der Waals surface area contributed by atoms with Crippen LogP contribution >= 0.6 is 0 Å². The SMILES string of the molecule is CCOC(=O)c1ccccc1NC(=O)CC[C@@H](C(=O)O)C(C)C. The lowest BCUT2D eigenvalue weighted by molar-refractivity contribution is -0.143. The summed E-state index contributed by atoms with van der Waals surface area (Å²) in [7, 11) is 0. The normalized spacial score (nSPS) is 11.8. The molecular formula is C17H23NO5. The quantitative estimate of drug-likeness (QED) is 0.718. The summed E-state index contributed by atoms with van der Waals surface area (Å²) in [5.74, 6) is -2.35. The van der Waals surface area contributed by atoms with Crippen LogP contribution in [0.25, 0.3) is 0 Å². The van der Waals surface area contributed by atoms with Crippen molar-refractivity contribution in [3.63, 3.8) is 0 Å². The van der Waals surface area contributed by atoms with E-state index in [-0.39, 0.29) is 36.8 Å². The second kappa shape index (κ2) is 8.92.